The average molecular weight is 380 g/mol. The van der Waals surface area contributed by atoms with Crippen LogP contribution in [-0.2, 0) is 6.54 Å². The summed E-state index contributed by atoms with van der Waals surface area (Å²) in [6.45, 7) is 0.387. The van der Waals surface area contributed by atoms with Crippen molar-refractivity contribution in [3.05, 3.63) is 33.9 Å². The fraction of sp³-hybridized carbons (Fsp3) is 0.364. The van der Waals surface area contributed by atoms with E-state index in [4.69, 9.17) is 4.74 Å². The van der Waals surface area contributed by atoms with Gasteiger partial charge in [-0.25, -0.2) is 0 Å². The first kappa shape index (κ1) is 17.4. The van der Waals surface area contributed by atoms with Crippen molar-refractivity contribution in [1.29, 1.82) is 0 Å². The van der Waals surface area contributed by atoms with Gasteiger partial charge in [0.25, 0.3) is 5.69 Å². The van der Waals surface area contributed by atoms with Crippen LogP contribution in [0.4, 0.5) is 5.69 Å². The summed E-state index contributed by atoms with van der Waals surface area (Å²) in [5.41, 5.74) is 0.732. The van der Waals surface area contributed by atoms with Gasteiger partial charge in [-0.3, -0.25) is 15.1 Å². The quantitative estimate of drug-likeness (QED) is 0.272. The molecule has 19 heavy (non-hydrogen) atoms. The maximum atomic E-state index is 10.7. The number of aliphatic imine (C=N–C) groups is 1. The van der Waals surface area contributed by atoms with Crippen LogP contribution in [0.15, 0.2) is 23.2 Å². The molecule has 0 heterocycles. The first-order valence-corrected chi connectivity index (χ1v) is 5.32. The molecule has 0 unspecified atom stereocenters. The summed E-state index contributed by atoms with van der Waals surface area (Å²) < 4.78 is 5.16. The number of nitrogens with zero attached hydrogens (tertiary/aromatic N) is 2. The number of methoxy groups -OCH3 is 1. The number of nitro benzene ring substituents is 1. The fourth-order valence-corrected chi connectivity index (χ4v) is 1.47. The number of nitrogens with one attached hydrogen (secondary N) is 2. The second-order valence-electron chi connectivity index (χ2n) is 3.43. The molecule has 7 nitrogen and oxygen atoms in total. The molecule has 0 saturated heterocycles. The summed E-state index contributed by atoms with van der Waals surface area (Å²) in [6, 6.07) is 4.47. The monoisotopic (exact) mass is 380 g/mol. The van der Waals surface area contributed by atoms with Crippen LogP contribution < -0.4 is 15.4 Å². The van der Waals surface area contributed by atoms with Crippen LogP contribution in [0, 0.1) is 10.1 Å². The first-order chi connectivity index (χ1) is 8.62. The Morgan fingerprint density at radius 3 is 2.68 bits per heavy atom. The maximum Gasteiger partial charge on any atom is 0.270 e. The number of rotatable bonds is 4. The lowest BCUT2D eigenvalue weighted by molar-refractivity contribution is -0.384. The molecule has 0 radical (unpaired) electrons. The van der Waals surface area contributed by atoms with Crippen molar-refractivity contribution in [2.24, 2.45) is 4.99 Å². The number of ether oxygens (including phenoxy) is 1. The third-order valence-corrected chi connectivity index (χ3v) is 2.38. The summed E-state index contributed by atoms with van der Waals surface area (Å²) in [5, 5.41) is 16.6. The van der Waals surface area contributed by atoms with Crippen LogP contribution in [0.3, 0.4) is 0 Å². The lowest BCUT2D eigenvalue weighted by Crippen LogP contribution is -2.34. The minimum absolute atomic E-state index is 0. The SMILES string of the molecule is CN=C(NC)NCc1cc([N+](=O)[O-])ccc1OC.I. The third-order valence-electron chi connectivity index (χ3n) is 2.38. The standard InChI is InChI=1S/C11H16N4O3.HI/c1-12-11(13-2)14-7-8-6-9(15(16)17)4-5-10(8)18-3;/h4-6H,7H2,1-3H3,(H2,12,13,14);1H. The van der Waals surface area contributed by atoms with E-state index in [0.717, 1.165) is 0 Å². The van der Waals surface area contributed by atoms with E-state index < -0.39 is 4.92 Å². The number of hydrogen-bond donors (Lipinski definition) is 2. The molecule has 1 rings (SSSR count). The van der Waals surface area contributed by atoms with Gasteiger partial charge in [-0.1, -0.05) is 0 Å². The van der Waals surface area contributed by atoms with Gasteiger partial charge < -0.3 is 15.4 Å². The molecular weight excluding hydrogens is 363 g/mol. The van der Waals surface area contributed by atoms with E-state index in [1.54, 1.807) is 20.2 Å². The summed E-state index contributed by atoms with van der Waals surface area (Å²) in [7, 11) is 4.90. The second kappa shape index (κ2) is 8.51. The smallest absolute Gasteiger partial charge is 0.270 e. The number of non-ortho nitro benzene ring substituents is 1. The van der Waals surface area contributed by atoms with E-state index in [0.29, 0.717) is 23.8 Å². The maximum absolute atomic E-state index is 10.7. The van der Waals surface area contributed by atoms with Gasteiger partial charge in [0.05, 0.1) is 12.0 Å². The summed E-state index contributed by atoms with van der Waals surface area (Å²) in [5.74, 6) is 1.20. The molecule has 0 aromatic heterocycles. The third kappa shape index (κ3) is 4.89. The van der Waals surface area contributed by atoms with Gasteiger partial charge in [0.1, 0.15) is 5.75 Å². The van der Waals surface area contributed by atoms with E-state index in [2.05, 4.69) is 15.6 Å². The molecular formula is C11H17IN4O3. The topological polar surface area (TPSA) is 88.8 Å². The molecule has 0 spiro atoms. The average Bonchev–Trinajstić information content (AvgIpc) is 2.39. The van der Waals surface area contributed by atoms with Crippen molar-refractivity contribution in [1.82, 2.24) is 10.6 Å². The molecule has 106 valence electrons. The molecule has 1 aromatic carbocycles. The van der Waals surface area contributed by atoms with E-state index in [-0.39, 0.29) is 29.7 Å². The molecule has 0 aliphatic heterocycles. The molecule has 2 N–H and O–H groups in total. The van der Waals surface area contributed by atoms with Crippen LogP contribution in [0.2, 0.25) is 0 Å². The molecule has 0 aliphatic rings. The number of benzene rings is 1. The Morgan fingerprint density at radius 2 is 2.21 bits per heavy atom. The number of halogens is 1. The Balaban J connectivity index is 0.00000324. The fourth-order valence-electron chi connectivity index (χ4n) is 1.47. The van der Waals surface area contributed by atoms with E-state index in [1.807, 2.05) is 0 Å². The van der Waals surface area contributed by atoms with Crippen LogP contribution in [0.1, 0.15) is 5.56 Å². The highest BCUT2D eigenvalue weighted by Gasteiger charge is 2.11. The number of guanidine groups is 1. The van der Waals surface area contributed by atoms with E-state index in [1.165, 1.54) is 19.2 Å². The largest absolute Gasteiger partial charge is 0.496 e. The Hall–Kier alpha value is -1.58. The molecule has 0 amide bonds. The summed E-state index contributed by atoms with van der Waals surface area (Å²) in [4.78, 5) is 14.2. The van der Waals surface area contributed by atoms with Gasteiger partial charge in [0, 0.05) is 38.3 Å². The lowest BCUT2D eigenvalue weighted by Gasteiger charge is -2.11. The normalized spacial score (nSPS) is 10.4. The molecule has 0 aliphatic carbocycles. The lowest BCUT2D eigenvalue weighted by atomic mass is 10.2. The van der Waals surface area contributed by atoms with Crippen LogP contribution in [0.25, 0.3) is 0 Å². The Kier molecular flexibility index (Phi) is 7.80. The van der Waals surface area contributed by atoms with Crippen molar-refractivity contribution in [2.75, 3.05) is 21.2 Å². The minimum atomic E-state index is -0.435. The van der Waals surface area contributed by atoms with Crippen LogP contribution in [0.5, 0.6) is 5.75 Å². The highest BCUT2D eigenvalue weighted by molar-refractivity contribution is 14.0. The highest BCUT2D eigenvalue weighted by atomic mass is 127. The van der Waals surface area contributed by atoms with Crippen molar-refractivity contribution < 1.29 is 9.66 Å². The molecule has 1 aromatic rings. The molecule has 0 bridgehead atoms. The first-order valence-electron chi connectivity index (χ1n) is 5.32. The zero-order valence-corrected chi connectivity index (χ0v) is 13.3. The van der Waals surface area contributed by atoms with Gasteiger partial charge in [0.15, 0.2) is 5.96 Å². The van der Waals surface area contributed by atoms with E-state index >= 15 is 0 Å². The van der Waals surface area contributed by atoms with Crippen molar-refractivity contribution in [3.63, 3.8) is 0 Å². The van der Waals surface area contributed by atoms with Crippen molar-refractivity contribution in [2.45, 2.75) is 6.54 Å². The van der Waals surface area contributed by atoms with Gasteiger partial charge in [-0.15, -0.1) is 24.0 Å². The van der Waals surface area contributed by atoms with E-state index in [9.17, 15) is 10.1 Å². The van der Waals surface area contributed by atoms with Gasteiger partial charge in [0.2, 0.25) is 0 Å². The van der Waals surface area contributed by atoms with Gasteiger partial charge in [-0.2, -0.15) is 0 Å². The highest BCUT2D eigenvalue weighted by Crippen LogP contribution is 2.23. The Labute approximate surface area is 128 Å². The van der Waals surface area contributed by atoms with Crippen LogP contribution in [-0.4, -0.2) is 32.1 Å². The zero-order chi connectivity index (χ0) is 13.5. The van der Waals surface area contributed by atoms with Crippen molar-refractivity contribution in [3.8, 4) is 5.75 Å². The van der Waals surface area contributed by atoms with Gasteiger partial charge in [-0.05, 0) is 6.07 Å². The molecule has 0 saturated carbocycles. The summed E-state index contributed by atoms with van der Waals surface area (Å²) in [6.07, 6.45) is 0. The predicted molar refractivity (Wildman–Crippen MR) is 84.3 cm³/mol. The minimum Gasteiger partial charge on any atom is -0.496 e. The van der Waals surface area contributed by atoms with Crippen LogP contribution >= 0.6 is 24.0 Å². The summed E-state index contributed by atoms with van der Waals surface area (Å²) >= 11 is 0. The Morgan fingerprint density at radius 1 is 1.53 bits per heavy atom. The predicted octanol–water partition coefficient (Wildman–Crippen LogP) is 1.52. The Bertz CT molecular complexity index is 465. The van der Waals surface area contributed by atoms with Gasteiger partial charge >= 0.3 is 0 Å². The molecule has 0 fully saturated rings. The second-order valence-corrected chi connectivity index (χ2v) is 3.43. The molecule has 8 heteroatoms. The number of nitro groups is 1. The van der Waals surface area contributed by atoms with Crippen molar-refractivity contribution >= 4 is 35.6 Å². The number of hydrogen-bond acceptors (Lipinski definition) is 4. The molecule has 0 atom stereocenters. The zero-order valence-electron chi connectivity index (χ0n) is 11.0.